The molecule has 1 unspecified atom stereocenters. The van der Waals surface area contributed by atoms with Crippen LogP contribution in [0.5, 0.6) is 0 Å². The van der Waals surface area contributed by atoms with E-state index in [1.807, 2.05) is 9.80 Å². The minimum atomic E-state index is -4.50. The molecule has 1 saturated heterocycles. The standard InChI is InChI=1S/C25H34F3N3O2/c26-25(27,28)22-15-20(29-24(33)19-8-9-19)10-11-23(22)30-13-4-5-18(16-30)12-14-31(17-32)21-6-2-1-3-7-21/h10-11,15,17-19,21H,1-9,12-14,16H2,(H,29,33). The number of rotatable bonds is 8. The van der Waals surface area contributed by atoms with Gasteiger partial charge in [-0.3, -0.25) is 9.59 Å². The molecule has 182 valence electrons. The lowest BCUT2D eigenvalue weighted by molar-refractivity contribution is -0.137. The maximum Gasteiger partial charge on any atom is 0.418 e. The molecule has 1 atom stereocenters. The highest BCUT2D eigenvalue weighted by Gasteiger charge is 2.37. The van der Waals surface area contributed by atoms with Crippen LogP contribution in [-0.4, -0.2) is 42.9 Å². The summed E-state index contributed by atoms with van der Waals surface area (Å²) in [6.45, 7) is 1.80. The summed E-state index contributed by atoms with van der Waals surface area (Å²) >= 11 is 0. The van der Waals surface area contributed by atoms with Gasteiger partial charge in [-0.2, -0.15) is 13.2 Å². The Morgan fingerprint density at radius 3 is 2.52 bits per heavy atom. The van der Waals surface area contributed by atoms with Crippen LogP contribution in [0.2, 0.25) is 0 Å². The molecular weight excluding hydrogens is 431 g/mol. The molecule has 2 saturated carbocycles. The SMILES string of the molecule is O=CN(CCC1CCCN(c2ccc(NC(=O)C3CC3)cc2C(F)(F)F)C1)C1CCCCC1. The van der Waals surface area contributed by atoms with Crippen molar-refractivity contribution in [1.82, 2.24) is 4.90 Å². The molecule has 0 radical (unpaired) electrons. The predicted octanol–water partition coefficient (Wildman–Crippen LogP) is 5.45. The van der Waals surface area contributed by atoms with Gasteiger partial charge in [0, 0.05) is 43.0 Å². The lowest BCUT2D eigenvalue weighted by atomic mass is 9.91. The summed E-state index contributed by atoms with van der Waals surface area (Å²) in [7, 11) is 0. The predicted molar refractivity (Wildman–Crippen MR) is 122 cm³/mol. The summed E-state index contributed by atoms with van der Waals surface area (Å²) in [4.78, 5) is 27.4. The van der Waals surface area contributed by atoms with E-state index in [1.165, 1.54) is 12.5 Å². The number of halogens is 3. The first-order chi connectivity index (χ1) is 15.8. The topological polar surface area (TPSA) is 52.7 Å². The molecule has 1 aliphatic heterocycles. The first-order valence-electron chi connectivity index (χ1n) is 12.3. The Morgan fingerprint density at radius 2 is 1.85 bits per heavy atom. The second kappa shape index (κ2) is 10.3. The van der Waals surface area contributed by atoms with Crippen molar-refractivity contribution < 1.29 is 22.8 Å². The molecule has 0 bridgehead atoms. The lowest BCUT2D eigenvalue weighted by Gasteiger charge is -2.37. The number of hydrogen-bond acceptors (Lipinski definition) is 3. The number of carbonyl (C=O) groups excluding carboxylic acids is 2. The number of alkyl halides is 3. The molecule has 1 aromatic rings. The van der Waals surface area contributed by atoms with Crippen molar-refractivity contribution in [3.63, 3.8) is 0 Å². The summed E-state index contributed by atoms with van der Waals surface area (Å²) in [5, 5.41) is 2.63. The molecule has 2 aliphatic carbocycles. The van der Waals surface area contributed by atoms with E-state index in [1.54, 1.807) is 6.07 Å². The van der Waals surface area contributed by atoms with Crippen LogP contribution < -0.4 is 10.2 Å². The van der Waals surface area contributed by atoms with Gasteiger partial charge in [-0.15, -0.1) is 0 Å². The van der Waals surface area contributed by atoms with Crippen LogP contribution in [0.4, 0.5) is 24.5 Å². The van der Waals surface area contributed by atoms with E-state index >= 15 is 0 Å². The number of anilines is 2. The van der Waals surface area contributed by atoms with Gasteiger partial charge in [0.05, 0.1) is 5.56 Å². The monoisotopic (exact) mass is 465 g/mol. The smallest absolute Gasteiger partial charge is 0.371 e. The minimum Gasteiger partial charge on any atom is -0.371 e. The Morgan fingerprint density at radius 1 is 1.09 bits per heavy atom. The van der Waals surface area contributed by atoms with Crippen molar-refractivity contribution >= 4 is 23.7 Å². The van der Waals surface area contributed by atoms with Crippen LogP contribution in [0, 0.1) is 11.8 Å². The van der Waals surface area contributed by atoms with Crippen molar-refractivity contribution in [2.75, 3.05) is 29.9 Å². The van der Waals surface area contributed by atoms with Crippen molar-refractivity contribution in [2.24, 2.45) is 11.8 Å². The molecule has 0 spiro atoms. The summed E-state index contributed by atoms with van der Waals surface area (Å²) in [5.41, 5.74) is -0.324. The number of piperidine rings is 1. The van der Waals surface area contributed by atoms with Gasteiger partial charge in [-0.1, -0.05) is 19.3 Å². The highest BCUT2D eigenvalue weighted by atomic mass is 19.4. The number of carbonyl (C=O) groups is 2. The maximum atomic E-state index is 13.9. The van der Waals surface area contributed by atoms with Gasteiger partial charge in [0.15, 0.2) is 0 Å². The number of nitrogens with one attached hydrogen (secondary N) is 1. The van der Waals surface area contributed by atoms with Gasteiger partial charge < -0.3 is 15.1 Å². The van der Waals surface area contributed by atoms with Gasteiger partial charge in [-0.25, -0.2) is 0 Å². The molecule has 0 aromatic heterocycles. The average Bonchev–Trinajstić information content (AvgIpc) is 3.66. The Bertz CT molecular complexity index is 835. The fourth-order valence-electron chi connectivity index (χ4n) is 5.29. The largest absolute Gasteiger partial charge is 0.418 e. The molecule has 1 heterocycles. The van der Waals surface area contributed by atoms with E-state index in [-0.39, 0.29) is 29.1 Å². The number of benzene rings is 1. The first-order valence-corrected chi connectivity index (χ1v) is 12.3. The van der Waals surface area contributed by atoms with Crippen molar-refractivity contribution in [3.8, 4) is 0 Å². The van der Waals surface area contributed by atoms with E-state index in [2.05, 4.69) is 5.32 Å². The van der Waals surface area contributed by atoms with E-state index in [0.29, 0.717) is 25.7 Å². The van der Waals surface area contributed by atoms with Crippen molar-refractivity contribution in [1.29, 1.82) is 0 Å². The molecule has 1 N–H and O–H groups in total. The third-order valence-corrected chi connectivity index (χ3v) is 7.35. The van der Waals surface area contributed by atoms with Gasteiger partial charge in [0.2, 0.25) is 12.3 Å². The van der Waals surface area contributed by atoms with E-state index < -0.39 is 11.7 Å². The Labute approximate surface area is 193 Å². The van der Waals surface area contributed by atoms with Crippen LogP contribution >= 0.6 is 0 Å². The Balaban J connectivity index is 1.41. The highest BCUT2D eigenvalue weighted by molar-refractivity contribution is 5.94. The average molecular weight is 466 g/mol. The quantitative estimate of drug-likeness (QED) is 0.520. The fraction of sp³-hybridized carbons (Fsp3) is 0.680. The molecule has 3 aliphatic rings. The summed E-state index contributed by atoms with van der Waals surface area (Å²) < 4.78 is 41.7. The third kappa shape index (κ3) is 6.21. The Kier molecular flexibility index (Phi) is 7.49. The van der Waals surface area contributed by atoms with Crippen LogP contribution in [0.1, 0.15) is 69.8 Å². The lowest BCUT2D eigenvalue weighted by Crippen LogP contribution is -2.40. The molecule has 8 heteroatoms. The van der Waals surface area contributed by atoms with E-state index in [4.69, 9.17) is 0 Å². The van der Waals surface area contributed by atoms with E-state index in [0.717, 1.165) is 70.3 Å². The number of amides is 2. The van der Waals surface area contributed by atoms with Crippen LogP contribution in [0.15, 0.2) is 18.2 Å². The molecule has 5 nitrogen and oxygen atoms in total. The third-order valence-electron chi connectivity index (χ3n) is 7.35. The molecular formula is C25H34F3N3O2. The molecule has 3 fully saturated rings. The minimum absolute atomic E-state index is 0.0681. The highest BCUT2D eigenvalue weighted by Crippen LogP contribution is 2.40. The summed E-state index contributed by atoms with van der Waals surface area (Å²) in [5.74, 6) is -0.0202. The van der Waals surface area contributed by atoms with Crippen LogP contribution in [-0.2, 0) is 15.8 Å². The van der Waals surface area contributed by atoms with E-state index in [9.17, 15) is 22.8 Å². The second-order valence-electron chi connectivity index (χ2n) is 9.87. The summed E-state index contributed by atoms with van der Waals surface area (Å²) in [6, 6.07) is 4.45. The zero-order chi connectivity index (χ0) is 23.4. The molecule has 2 amide bonds. The van der Waals surface area contributed by atoms with Crippen molar-refractivity contribution in [2.45, 2.75) is 76.4 Å². The Hall–Kier alpha value is -2.25. The number of nitrogens with zero attached hydrogens (tertiary/aromatic N) is 2. The molecule has 4 rings (SSSR count). The second-order valence-corrected chi connectivity index (χ2v) is 9.87. The normalized spacial score (nSPS) is 22.2. The van der Waals surface area contributed by atoms with Gasteiger partial charge >= 0.3 is 6.18 Å². The zero-order valence-electron chi connectivity index (χ0n) is 19.1. The first kappa shape index (κ1) is 23.9. The molecule has 33 heavy (non-hydrogen) atoms. The van der Waals surface area contributed by atoms with Crippen LogP contribution in [0.3, 0.4) is 0 Å². The maximum absolute atomic E-state index is 13.9. The van der Waals surface area contributed by atoms with Crippen LogP contribution in [0.25, 0.3) is 0 Å². The van der Waals surface area contributed by atoms with Crippen molar-refractivity contribution in [3.05, 3.63) is 23.8 Å². The fourth-order valence-corrected chi connectivity index (χ4v) is 5.29. The van der Waals surface area contributed by atoms with Gasteiger partial charge in [0.25, 0.3) is 0 Å². The van der Waals surface area contributed by atoms with Gasteiger partial charge in [0.1, 0.15) is 0 Å². The summed E-state index contributed by atoms with van der Waals surface area (Å²) in [6.07, 6.45) is 6.28. The molecule has 1 aromatic carbocycles. The van der Waals surface area contributed by atoms with Gasteiger partial charge in [-0.05, 0) is 69.1 Å². The number of hydrogen-bond donors (Lipinski definition) is 1. The zero-order valence-corrected chi connectivity index (χ0v) is 19.1.